The van der Waals surface area contributed by atoms with Crippen LogP contribution in [0.3, 0.4) is 0 Å². The highest BCUT2D eigenvalue weighted by atomic mass is 16.5. The molecule has 1 unspecified atom stereocenters. The van der Waals surface area contributed by atoms with Crippen molar-refractivity contribution in [2.24, 2.45) is 10.9 Å². The molecule has 1 heterocycles. The molecule has 20 heavy (non-hydrogen) atoms. The largest absolute Gasteiger partial charge is 0.382 e. The predicted octanol–water partition coefficient (Wildman–Crippen LogP) is 1.31. The minimum atomic E-state index is 0.648. The highest BCUT2D eigenvalue weighted by Crippen LogP contribution is 2.09. The first kappa shape index (κ1) is 17.2. The van der Waals surface area contributed by atoms with E-state index in [0.717, 1.165) is 38.7 Å². The molecule has 0 aliphatic carbocycles. The molecule has 0 radical (unpaired) electrons. The van der Waals surface area contributed by atoms with Crippen LogP contribution < -0.4 is 10.6 Å². The summed E-state index contributed by atoms with van der Waals surface area (Å²) in [5, 5.41) is 6.73. The van der Waals surface area contributed by atoms with E-state index in [2.05, 4.69) is 27.4 Å². The zero-order valence-electron chi connectivity index (χ0n) is 13.5. The Kier molecular flexibility index (Phi) is 9.41. The van der Waals surface area contributed by atoms with Gasteiger partial charge in [-0.3, -0.25) is 4.99 Å². The van der Waals surface area contributed by atoms with Gasteiger partial charge in [-0.05, 0) is 45.2 Å². The van der Waals surface area contributed by atoms with Crippen LogP contribution in [0.25, 0.3) is 0 Å². The van der Waals surface area contributed by atoms with Crippen LogP contribution in [0.5, 0.6) is 0 Å². The van der Waals surface area contributed by atoms with E-state index in [-0.39, 0.29) is 0 Å². The van der Waals surface area contributed by atoms with Crippen molar-refractivity contribution in [3.8, 4) is 0 Å². The maximum Gasteiger partial charge on any atom is 0.190 e. The molecule has 0 amide bonds. The lowest BCUT2D eigenvalue weighted by atomic mass is 10.1. The van der Waals surface area contributed by atoms with Crippen molar-refractivity contribution < 1.29 is 4.74 Å². The van der Waals surface area contributed by atoms with Gasteiger partial charge in [-0.25, -0.2) is 0 Å². The first-order valence-electron chi connectivity index (χ1n) is 8.00. The molecular weight excluding hydrogens is 252 g/mol. The van der Waals surface area contributed by atoms with Gasteiger partial charge in [0.05, 0.1) is 0 Å². The molecule has 0 bridgehead atoms. The van der Waals surface area contributed by atoms with Gasteiger partial charge in [0.2, 0.25) is 0 Å². The third-order valence-electron chi connectivity index (χ3n) is 3.57. The minimum Gasteiger partial charge on any atom is -0.382 e. The number of hydrogen-bond donors (Lipinski definition) is 2. The molecule has 2 N–H and O–H groups in total. The number of likely N-dealkylation sites (tertiary alicyclic amines) is 1. The van der Waals surface area contributed by atoms with Crippen LogP contribution in [0.15, 0.2) is 4.99 Å². The van der Waals surface area contributed by atoms with Crippen molar-refractivity contribution in [1.82, 2.24) is 15.5 Å². The standard InChI is InChI=1S/C15H32N4O/c1-4-20-11-7-8-17-15(16-3)18-12-14(2)13-19-9-5-6-10-19/h14H,4-13H2,1-3H3,(H2,16,17,18). The Hall–Kier alpha value is -0.810. The summed E-state index contributed by atoms with van der Waals surface area (Å²) in [4.78, 5) is 6.81. The second-order valence-corrected chi connectivity index (χ2v) is 5.54. The van der Waals surface area contributed by atoms with E-state index in [4.69, 9.17) is 4.74 Å². The molecule has 118 valence electrons. The maximum absolute atomic E-state index is 5.32. The number of ether oxygens (including phenoxy) is 1. The SMILES string of the molecule is CCOCCCNC(=NC)NCC(C)CN1CCCC1. The summed E-state index contributed by atoms with van der Waals surface area (Å²) in [7, 11) is 1.82. The predicted molar refractivity (Wildman–Crippen MR) is 85.3 cm³/mol. The molecule has 0 aromatic carbocycles. The van der Waals surface area contributed by atoms with Crippen molar-refractivity contribution in [2.45, 2.75) is 33.1 Å². The molecule has 1 rings (SSSR count). The third kappa shape index (κ3) is 7.70. The second-order valence-electron chi connectivity index (χ2n) is 5.54. The van der Waals surface area contributed by atoms with Crippen LogP contribution in [0, 0.1) is 5.92 Å². The Morgan fingerprint density at radius 2 is 2.05 bits per heavy atom. The van der Waals surface area contributed by atoms with Crippen LogP contribution in [-0.4, -0.2) is 63.8 Å². The molecule has 1 aliphatic heterocycles. The fourth-order valence-electron chi connectivity index (χ4n) is 2.49. The molecule has 5 nitrogen and oxygen atoms in total. The Bertz CT molecular complexity index is 265. The van der Waals surface area contributed by atoms with Crippen LogP contribution >= 0.6 is 0 Å². The number of rotatable bonds is 9. The number of guanidine groups is 1. The number of hydrogen-bond acceptors (Lipinski definition) is 3. The average Bonchev–Trinajstić information content (AvgIpc) is 2.94. The normalized spacial score (nSPS) is 18.2. The highest BCUT2D eigenvalue weighted by Gasteiger charge is 2.14. The van der Waals surface area contributed by atoms with E-state index >= 15 is 0 Å². The van der Waals surface area contributed by atoms with Gasteiger partial charge in [0.25, 0.3) is 0 Å². The number of nitrogens with one attached hydrogen (secondary N) is 2. The summed E-state index contributed by atoms with van der Waals surface area (Å²) in [6.07, 6.45) is 3.74. The van der Waals surface area contributed by atoms with E-state index in [0.29, 0.717) is 5.92 Å². The van der Waals surface area contributed by atoms with E-state index in [1.54, 1.807) is 0 Å². The fourth-order valence-corrected chi connectivity index (χ4v) is 2.49. The van der Waals surface area contributed by atoms with Crippen molar-refractivity contribution in [3.63, 3.8) is 0 Å². The smallest absolute Gasteiger partial charge is 0.190 e. The van der Waals surface area contributed by atoms with Crippen LogP contribution in [0.4, 0.5) is 0 Å². The third-order valence-corrected chi connectivity index (χ3v) is 3.57. The van der Waals surface area contributed by atoms with Gasteiger partial charge in [0, 0.05) is 39.9 Å². The molecule has 1 fully saturated rings. The van der Waals surface area contributed by atoms with Crippen molar-refractivity contribution in [3.05, 3.63) is 0 Å². The molecule has 1 saturated heterocycles. The first-order valence-corrected chi connectivity index (χ1v) is 8.00. The molecule has 0 spiro atoms. The molecule has 5 heteroatoms. The van der Waals surface area contributed by atoms with Gasteiger partial charge < -0.3 is 20.3 Å². The molecule has 0 saturated carbocycles. The lowest BCUT2D eigenvalue weighted by Crippen LogP contribution is -2.41. The van der Waals surface area contributed by atoms with Gasteiger partial charge in [0.15, 0.2) is 5.96 Å². The van der Waals surface area contributed by atoms with Gasteiger partial charge in [-0.2, -0.15) is 0 Å². The van der Waals surface area contributed by atoms with E-state index in [1.165, 1.54) is 32.5 Å². The quantitative estimate of drug-likeness (QED) is 0.381. The van der Waals surface area contributed by atoms with Crippen LogP contribution in [0.2, 0.25) is 0 Å². The number of aliphatic imine (C=N–C) groups is 1. The zero-order valence-corrected chi connectivity index (χ0v) is 13.5. The van der Waals surface area contributed by atoms with E-state index in [1.807, 2.05) is 14.0 Å². The first-order chi connectivity index (χ1) is 9.76. The average molecular weight is 284 g/mol. The molecular formula is C15H32N4O. The highest BCUT2D eigenvalue weighted by molar-refractivity contribution is 5.79. The minimum absolute atomic E-state index is 0.648. The van der Waals surface area contributed by atoms with Crippen molar-refractivity contribution in [2.75, 3.05) is 53.0 Å². The summed E-state index contributed by atoms with van der Waals surface area (Å²) < 4.78 is 5.32. The lowest BCUT2D eigenvalue weighted by Gasteiger charge is -2.21. The lowest BCUT2D eigenvalue weighted by molar-refractivity contribution is 0.145. The van der Waals surface area contributed by atoms with Crippen molar-refractivity contribution in [1.29, 1.82) is 0 Å². The van der Waals surface area contributed by atoms with Gasteiger partial charge in [0.1, 0.15) is 0 Å². The summed E-state index contributed by atoms with van der Waals surface area (Å²) in [5.41, 5.74) is 0. The Balaban J connectivity index is 2.07. The van der Waals surface area contributed by atoms with Crippen LogP contribution in [-0.2, 0) is 4.74 Å². The summed E-state index contributed by atoms with van der Waals surface area (Å²) in [5.74, 6) is 1.55. The Labute approximate surface area is 124 Å². The maximum atomic E-state index is 5.32. The Morgan fingerprint density at radius 1 is 1.30 bits per heavy atom. The van der Waals surface area contributed by atoms with E-state index < -0.39 is 0 Å². The van der Waals surface area contributed by atoms with Crippen LogP contribution in [0.1, 0.15) is 33.1 Å². The monoisotopic (exact) mass is 284 g/mol. The zero-order chi connectivity index (χ0) is 14.6. The summed E-state index contributed by atoms with van der Waals surface area (Å²) in [6, 6.07) is 0. The summed E-state index contributed by atoms with van der Waals surface area (Å²) >= 11 is 0. The fraction of sp³-hybridized carbons (Fsp3) is 0.933. The molecule has 0 aromatic heterocycles. The number of nitrogens with zero attached hydrogens (tertiary/aromatic N) is 2. The molecule has 0 aromatic rings. The van der Waals surface area contributed by atoms with Crippen molar-refractivity contribution >= 4 is 5.96 Å². The topological polar surface area (TPSA) is 48.9 Å². The van der Waals surface area contributed by atoms with Gasteiger partial charge >= 0.3 is 0 Å². The molecule has 1 aliphatic rings. The molecule has 1 atom stereocenters. The summed E-state index contributed by atoms with van der Waals surface area (Å²) in [6.45, 7) is 11.5. The van der Waals surface area contributed by atoms with Gasteiger partial charge in [-0.1, -0.05) is 6.92 Å². The second kappa shape index (κ2) is 10.9. The van der Waals surface area contributed by atoms with E-state index in [9.17, 15) is 0 Å². The van der Waals surface area contributed by atoms with Gasteiger partial charge in [-0.15, -0.1) is 0 Å². The Morgan fingerprint density at radius 3 is 2.70 bits per heavy atom.